The van der Waals surface area contributed by atoms with E-state index in [2.05, 4.69) is 67.2 Å². The minimum Gasteiger partial charge on any atom is -0.382 e. The molecule has 1 heterocycles. The summed E-state index contributed by atoms with van der Waals surface area (Å²) >= 11 is 0. The summed E-state index contributed by atoms with van der Waals surface area (Å²) in [7, 11) is 0. The molecule has 0 fully saturated rings. The van der Waals surface area contributed by atoms with E-state index in [-0.39, 0.29) is 10.8 Å². The van der Waals surface area contributed by atoms with E-state index in [9.17, 15) is 0 Å². The van der Waals surface area contributed by atoms with Gasteiger partial charge in [-0.3, -0.25) is 0 Å². The maximum atomic E-state index is 5.57. The van der Waals surface area contributed by atoms with Crippen LogP contribution in [0.25, 0.3) is 16.7 Å². The van der Waals surface area contributed by atoms with Crippen LogP contribution in [-0.4, -0.2) is 28.2 Å². The van der Waals surface area contributed by atoms with E-state index in [0.29, 0.717) is 0 Å². The molecule has 0 spiro atoms. The van der Waals surface area contributed by atoms with E-state index in [1.807, 2.05) is 29.1 Å². The molecule has 3 rings (SSSR count). The van der Waals surface area contributed by atoms with Crippen molar-refractivity contribution in [3.63, 3.8) is 0 Å². The summed E-state index contributed by atoms with van der Waals surface area (Å²) < 4.78 is 5.57. The third-order valence-electron chi connectivity index (χ3n) is 6.37. The van der Waals surface area contributed by atoms with Crippen molar-refractivity contribution in [2.45, 2.75) is 79.6 Å². The van der Waals surface area contributed by atoms with Crippen LogP contribution in [0.2, 0.25) is 0 Å². The lowest BCUT2D eigenvalue weighted by molar-refractivity contribution is 0.114. The van der Waals surface area contributed by atoms with E-state index >= 15 is 0 Å². The Bertz CT molecular complexity index is 1070. The van der Waals surface area contributed by atoms with E-state index in [1.54, 1.807) is 0 Å². The molecule has 0 N–H and O–H groups in total. The van der Waals surface area contributed by atoms with Crippen molar-refractivity contribution in [3.05, 3.63) is 65.2 Å². The molecule has 0 saturated carbocycles. The Morgan fingerprint density at radius 2 is 1.67 bits per heavy atom. The molecule has 2 aromatic carbocycles. The number of hydrogen-bond donors (Lipinski definition) is 0. The number of hydrogen-bond acceptors (Lipinski definition) is 3. The number of aromatic nitrogens is 3. The molecule has 0 aliphatic heterocycles. The molecular weight excluding hydrogens is 406 g/mol. The molecule has 0 aliphatic rings. The summed E-state index contributed by atoms with van der Waals surface area (Å²) in [6.45, 7) is 21.7. The number of rotatable bonds is 10. The van der Waals surface area contributed by atoms with Crippen LogP contribution in [0.1, 0.15) is 77.5 Å². The Kier molecular flexibility index (Phi) is 7.79. The fourth-order valence-corrected chi connectivity index (χ4v) is 4.52. The molecule has 33 heavy (non-hydrogen) atoms. The third-order valence-corrected chi connectivity index (χ3v) is 6.37. The third kappa shape index (κ3) is 6.54. The van der Waals surface area contributed by atoms with Crippen LogP contribution in [0.5, 0.6) is 0 Å². The molecule has 3 aromatic rings. The van der Waals surface area contributed by atoms with Gasteiger partial charge in [-0.1, -0.05) is 65.0 Å². The Balaban J connectivity index is 1.83. The van der Waals surface area contributed by atoms with Gasteiger partial charge in [0, 0.05) is 13.2 Å². The Hall–Kier alpha value is -2.46. The fourth-order valence-electron chi connectivity index (χ4n) is 4.52. The number of aryl methyl sites for hydroxylation is 1. The molecule has 178 valence electrons. The van der Waals surface area contributed by atoms with Gasteiger partial charge in [0.05, 0.1) is 5.69 Å². The van der Waals surface area contributed by atoms with Gasteiger partial charge in [-0.2, -0.15) is 4.80 Å². The maximum absolute atomic E-state index is 5.57. The zero-order valence-corrected chi connectivity index (χ0v) is 21.7. The van der Waals surface area contributed by atoms with Gasteiger partial charge >= 0.3 is 0 Å². The van der Waals surface area contributed by atoms with Crippen molar-refractivity contribution < 1.29 is 4.74 Å². The predicted molar refractivity (Wildman–Crippen MR) is 139 cm³/mol. The van der Waals surface area contributed by atoms with Gasteiger partial charge in [0.2, 0.25) is 0 Å². The summed E-state index contributed by atoms with van der Waals surface area (Å²) in [6.07, 6.45) is 4.04. The van der Waals surface area contributed by atoms with Gasteiger partial charge in [-0.05, 0) is 85.3 Å². The van der Waals surface area contributed by atoms with Crippen molar-refractivity contribution in [1.29, 1.82) is 0 Å². The highest BCUT2D eigenvalue weighted by Crippen LogP contribution is 2.33. The zero-order valence-electron chi connectivity index (χ0n) is 21.7. The minimum atomic E-state index is 0.0414. The Morgan fingerprint density at radius 1 is 1.03 bits per heavy atom. The van der Waals surface area contributed by atoms with Gasteiger partial charge in [0.15, 0.2) is 0 Å². The first-order chi connectivity index (χ1) is 15.5. The highest BCUT2D eigenvalue weighted by molar-refractivity contribution is 5.73. The van der Waals surface area contributed by atoms with Crippen LogP contribution >= 0.6 is 0 Å². The van der Waals surface area contributed by atoms with E-state index in [0.717, 1.165) is 55.6 Å². The average Bonchev–Trinajstić information content (AvgIpc) is 3.16. The van der Waals surface area contributed by atoms with Crippen LogP contribution in [0, 0.1) is 12.3 Å². The molecule has 0 amide bonds. The molecule has 0 bridgehead atoms. The molecular formula is C29H41N3O. The molecule has 0 radical (unpaired) electrons. The van der Waals surface area contributed by atoms with Crippen LogP contribution in [-0.2, 0) is 16.6 Å². The molecule has 0 aliphatic carbocycles. The topological polar surface area (TPSA) is 39.9 Å². The van der Waals surface area contributed by atoms with Crippen LogP contribution in [0.3, 0.4) is 0 Å². The predicted octanol–water partition coefficient (Wildman–Crippen LogP) is 7.36. The SMILES string of the molecule is C=C(CCc1cc(-n2nc3ccccc3n2)c(C)c(C(C)(C)C)c1)CC(C)(C)CCOCC. The van der Waals surface area contributed by atoms with Gasteiger partial charge in [0.1, 0.15) is 11.0 Å². The van der Waals surface area contributed by atoms with Crippen molar-refractivity contribution >= 4 is 11.0 Å². The molecule has 4 heteroatoms. The first-order valence-corrected chi connectivity index (χ1v) is 12.2. The van der Waals surface area contributed by atoms with E-state index in [4.69, 9.17) is 14.9 Å². The lowest BCUT2D eigenvalue weighted by Gasteiger charge is -2.26. The summed E-state index contributed by atoms with van der Waals surface area (Å²) in [4.78, 5) is 1.81. The first-order valence-electron chi connectivity index (χ1n) is 12.2. The van der Waals surface area contributed by atoms with Gasteiger partial charge in [-0.25, -0.2) is 0 Å². The summed E-state index contributed by atoms with van der Waals surface area (Å²) in [6, 6.07) is 12.7. The summed E-state index contributed by atoms with van der Waals surface area (Å²) in [5.41, 5.74) is 8.36. The van der Waals surface area contributed by atoms with Crippen LogP contribution < -0.4 is 0 Å². The molecule has 1 aromatic heterocycles. The zero-order chi connectivity index (χ0) is 24.2. The van der Waals surface area contributed by atoms with E-state index < -0.39 is 0 Å². The maximum Gasteiger partial charge on any atom is 0.113 e. The average molecular weight is 448 g/mol. The van der Waals surface area contributed by atoms with Crippen LogP contribution in [0.4, 0.5) is 0 Å². The molecule has 0 saturated heterocycles. The number of ether oxygens (including phenoxy) is 1. The molecule has 0 atom stereocenters. The normalized spacial score (nSPS) is 12.5. The monoisotopic (exact) mass is 447 g/mol. The number of allylic oxidation sites excluding steroid dienone is 1. The minimum absolute atomic E-state index is 0.0414. The quantitative estimate of drug-likeness (QED) is 0.241. The van der Waals surface area contributed by atoms with Crippen molar-refractivity contribution in [2.24, 2.45) is 5.41 Å². The lowest BCUT2D eigenvalue weighted by Crippen LogP contribution is -2.17. The second-order valence-electron chi connectivity index (χ2n) is 11.1. The Labute approximate surface area is 200 Å². The Morgan fingerprint density at radius 3 is 2.24 bits per heavy atom. The smallest absolute Gasteiger partial charge is 0.113 e. The van der Waals surface area contributed by atoms with Gasteiger partial charge in [0.25, 0.3) is 0 Å². The number of fused-ring (bicyclic) bond motifs is 1. The molecule has 0 unspecified atom stereocenters. The highest BCUT2D eigenvalue weighted by atomic mass is 16.5. The first kappa shape index (κ1) is 25.2. The van der Waals surface area contributed by atoms with Crippen LogP contribution in [0.15, 0.2) is 48.6 Å². The number of benzene rings is 2. The van der Waals surface area contributed by atoms with Gasteiger partial charge < -0.3 is 4.74 Å². The highest BCUT2D eigenvalue weighted by Gasteiger charge is 2.22. The summed E-state index contributed by atoms with van der Waals surface area (Å²) in [5.74, 6) is 0. The second kappa shape index (κ2) is 10.2. The second-order valence-corrected chi connectivity index (χ2v) is 11.1. The van der Waals surface area contributed by atoms with Crippen molar-refractivity contribution in [1.82, 2.24) is 15.0 Å². The molecule has 4 nitrogen and oxygen atoms in total. The summed E-state index contributed by atoms with van der Waals surface area (Å²) in [5, 5.41) is 9.53. The van der Waals surface area contributed by atoms with Crippen molar-refractivity contribution in [2.75, 3.05) is 13.2 Å². The largest absolute Gasteiger partial charge is 0.382 e. The lowest BCUT2D eigenvalue weighted by atomic mass is 9.80. The number of nitrogens with zero attached hydrogens (tertiary/aromatic N) is 3. The standard InChI is InChI=1S/C29H41N3O/c1-9-33-17-16-29(7,8)20-21(2)14-15-23-18-24(28(4,5)6)22(3)27(19-23)32-30-25-12-10-11-13-26(25)31-32/h10-13,18-19H,2,9,14-17,20H2,1,3-8H3. The van der Waals surface area contributed by atoms with Crippen molar-refractivity contribution in [3.8, 4) is 5.69 Å². The van der Waals surface area contributed by atoms with E-state index in [1.165, 1.54) is 22.3 Å². The van der Waals surface area contributed by atoms with Gasteiger partial charge in [-0.15, -0.1) is 10.2 Å². The fraction of sp³-hybridized carbons (Fsp3) is 0.517.